The third-order valence-electron chi connectivity index (χ3n) is 4.75. The molecule has 9 nitrogen and oxygen atoms in total. The van der Waals surface area contributed by atoms with Gasteiger partial charge in [0.1, 0.15) is 0 Å². The number of nitrogens with one attached hydrogen (secondary N) is 1. The van der Waals surface area contributed by atoms with Crippen LogP contribution in [0.15, 0.2) is 0 Å². The molecule has 0 spiro atoms. The van der Waals surface area contributed by atoms with Crippen molar-refractivity contribution in [3.05, 3.63) is 27.8 Å². The number of Topliss-reactive ketones (excluding diaryl/α,β-unsaturated/α-hetero) is 1. The van der Waals surface area contributed by atoms with Crippen LogP contribution in [0.2, 0.25) is 0 Å². The fourth-order valence-corrected chi connectivity index (χ4v) is 3.49. The van der Waals surface area contributed by atoms with Crippen LogP contribution in [0.3, 0.4) is 0 Å². The van der Waals surface area contributed by atoms with Crippen LogP contribution in [0.25, 0.3) is 0 Å². The van der Waals surface area contributed by atoms with Gasteiger partial charge in [-0.3, -0.25) is 14.4 Å². The van der Waals surface area contributed by atoms with E-state index in [4.69, 9.17) is 5.11 Å². The Morgan fingerprint density at radius 1 is 0.897 bits per heavy atom. The Balaban J connectivity index is 3.68. The summed E-state index contributed by atoms with van der Waals surface area (Å²) in [6, 6.07) is 0. The molecule has 0 saturated carbocycles. The molecule has 1 aromatic rings. The Morgan fingerprint density at radius 2 is 1.41 bits per heavy atom. The molecule has 9 heteroatoms. The van der Waals surface area contributed by atoms with Crippen LogP contribution in [0.4, 0.5) is 5.69 Å². The number of aliphatic hydroxyl groups is 4. The summed E-state index contributed by atoms with van der Waals surface area (Å²) in [5.41, 5.74) is 2.10. The second-order valence-electron chi connectivity index (χ2n) is 7.04. The maximum absolute atomic E-state index is 12.8. The van der Waals surface area contributed by atoms with Crippen molar-refractivity contribution in [3.8, 4) is 0 Å². The molecule has 0 aliphatic heterocycles. The molecule has 0 radical (unpaired) electrons. The highest BCUT2D eigenvalue weighted by atomic mass is 16.3. The zero-order chi connectivity index (χ0) is 22.5. The van der Waals surface area contributed by atoms with Gasteiger partial charge in [-0.2, -0.15) is 0 Å². The molecule has 0 aromatic heterocycles. The van der Waals surface area contributed by atoms with Gasteiger partial charge in [-0.25, -0.2) is 0 Å². The summed E-state index contributed by atoms with van der Waals surface area (Å²) < 4.78 is 0. The molecule has 0 saturated heterocycles. The van der Waals surface area contributed by atoms with E-state index in [1.165, 1.54) is 18.7 Å². The first-order valence-corrected chi connectivity index (χ1v) is 9.26. The molecule has 0 aliphatic rings. The SMILES string of the molecule is CC(=O)c1c(C)c(C(=O)NCC(O)CO)c(C)c(N(CC(O)CO)C(C)=O)c1C. The Hall–Kier alpha value is -2.33. The van der Waals surface area contributed by atoms with Crippen LogP contribution < -0.4 is 10.2 Å². The number of hydrogen-bond acceptors (Lipinski definition) is 7. The van der Waals surface area contributed by atoms with E-state index in [2.05, 4.69) is 5.32 Å². The van der Waals surface area contributed by atoms with Gasteiger partial charge >= 0.3 is 0 Å². The van der Waals surface area contributed by atoms with Crippen molar-refractivity contribution in [3.63, 3.8) is 0 Å². The van der Waals surface area contributed by atoms with Gasteiger partial charge in [0, 0.05) is 24.6 Å². The van der Waals surface area contributed by atoms with Crippen LogP contribution >= 0.6 is 0 Å². The van der Waals surface area contributed by atoms with E-state index in [9.17, 15) is 29.7 Å². The highest BCUT2D eigenvalue weighted by Gasteiger charge is 2.28. The fraction of sp³-hybridized carbons (Fsp3) is 0.550. The molecule has 0 aliphatic carbocycles. The van der Waals surface area contributed by atoms with E-state index in [0.717, 1.165) is 0 Å². The van der Waals surface area contributed by atoms with Crippen molar-refractivity contribution in [1.82, 2.24) is 5.32 Å². The quantitative estimate of drug-likeness (QED) is 0.348. The lowest BCUT2D eigenvalue weighted by molar-refractivity contribution is -0.117. The number of benzene rings is 1. The van der Waals surface area contributed by atoms with Gasteiger partial charge in [0.15, 0.2) is 5.78 Å². The van der Waals surface area contributed by atoms with Crippen molar-refractivity contribution in [1.29, 1.82) is 0 Å². The normalized spacial score (nSPS) is 13.0. The van der Waals surface area contributed by atoms with Crippen molar-refractivity contribution in [2.24, 2.45) is 0 Å². The number of ketones is 1. The van der Waals surface area contributed by atoms with Gasteiger partial charge in [0.2, 0.25) is 5.91 Å². The van der Waals surface area contributed by atoms with Gasteiger partial charge in [-0.15, -0.1) is 0 Å². The number of aliphatic hydroxyl groups excluding tert-OH is 4. The second-order valence-corrected chi connectivity index (χ2v) is 7.04. The number of amides is 2. The minimum Gasteiger partial charge on any atom is -0.394 e. The van der Waals surface area contributed by atoms with Crippen molar-refractivity contribution < 1.29 is 34.8 Å². The Labute approximate surface area is 170 Å². The molecule has 2 unspecified atom stereocenters. The van der Waals surface area contributed by atoms with Crippen molar-refractivity contribution in [2.45, 2.75) is 46.8 Å². The minimum atomic E-state index is -1.20. The molecule has 0 heterocycles. The summed E-state index contributed by atoms with van der Waals surface area (Å²) >= 11 is 0. The average molecular weight is 410 g/mol. The highest BCUT2D eigenvalue weighted by molar-refractivity contribution is 6.08. The summed E-state index contributed by atoms with van der Waals surface area (Å²) in [4.78, 5) is 38.6. The zero-order valence-electron chi connectivity index (χ0n) is 17.4. The third kappa shape index (κ3) is 5.60. The Bertz CT molecular complexity index is 792. The summed E-state index contributed by atoms with van der Waals surface area (Å²) in [5.74, 6) is -1.29. The maximum Gasteiger partial charge on any atom is 0.252 e. The number of carbonyl (C=O) groups excluding carboxylic acids is 3. The smallest absolute Gasteiger partial charge is 0.252 e. The van der Waals surface area contributed by atoms with Crippen molar-refractivity contribution in [2.75, 3.05) is 31.2 Å². The lowest BCUT2D eigenvalue weighted by atomic mass is 9.88. The summed E-state index contributed by atoms with van der Waals surface area (Å²) in [5, 5.41) is 40.0. The number of rotatable bonds is 9. The first-order valence-electron chi connectivity index (χ1n) is 9.26. The molecular formula is C20H30N2O7. The van der Waals surface area contributed by atoms with Gasteiger partial charge < -0.3 is 30.6 Å². The molecule has 162 valence electrons. The molecule has 1 rings (SSSR count). The van der Waals surface area contributed by atoms with Crippen LogP contribution in [0.1, 0.15) is 51.3 Å². The van der Waals surface area contributed by atoms with Gasteiger partial charge in [-0.1, -0.05) is 0 Å². The summed E-state index contributed by atoms with van der Waals surface area (Å²) in [7, 11) is 0. The number of hydrogen-bond donors (Lipinski definition) is 5. The van der Waals surface area contributed by atoms with Gasteiger partial charge in [-0.05, 0) is 44.4 Å². The molecule has 2 amide bonds. The molecular weight excluding hydrogens is 380 g/mol. The second kappa shape index (κ2) is 10.4. The summed E-state index contributed by atoms with van der Waals surface area (Å²) in [6.45, 7) is 6.07. The Morgan fingerprint density at radius 3 is 1.86 bits per heavy atom. The van der Waals surface area contributed by atoms with Crippen LogP contribution in [0.5, 0.6) is 0 Å². The largest absolute Gasteiger partial charge is 0.394 e. The molecule has 0 bridgehead atoms. The maximum atomic E-state index is 12.8. The van der Waals surface area contributed by atoms with Crippen LogP contribution in [0, 0.1) is 20.8 Å². The zero-order valence-corrected chi connectivity index (χ0v) is 17.4. The fourth-order valence-electron chi connectivity index (χ4n) is 3.49. The van der Waals surface area contributed by atoms with E-state index >= 15 is 0 Å². The van der Waals surface area contributed by atoms with Crippen LogP contribution in [-0.4, -0.2) is 76.5 Å². The van der Waals surface area contributed by atoms with Crippen molar-refractivity contribution >= 4 is 23.3 Å². The highest BCUT2D eigenvalue weighted by Crippen LogP contribution is 2.34. The number of anilines is 1. The topological polar surface area (TPSA) is 147 Å². The molecule has 1 aromatic carbocycles. The molecule has 2 atom stereocenters. The number of nitrogens with zero attached hydrogens (tertiary/aromatic N) is 1. The molecule has 29 heavy (non-hydrogen) atoms. The third-order valence-corrected chi connectivity index (χ3v) is 4.75. The monoisotopic (exact) mass is 410 g/mol. The molecule has 5 N–H and O–H groups in total. The first-order chi connectivity index (χ1) is 13.5. The summed E-state index contributed by atoms with van der Waals surface area (Å²) in [6.07, 6.45) is -2.33. The first kappa shape index (κ1) is 24.7. The van der Waals surface area contributed by atoms with E-state index in [-0.39, 0.29) is 30.0 Å². The van der Waals surface area contributed by atoms with Crippen LogP contribution in [-0.2, 0) is 4.79 Å². The lowest BCUT2D eigenvalue weighted by Crippen LogP contribution is -2.40. The van der Waals surface area contributed by atoms with Gasteiger partial charge in [0.05, 0.1) is 37.7 Å². The van der Waals surface area contributed by atoms with E-state index < -0.39 is 37.2 Å². The number of carbonyl (C=O) groups is 3. The van der Waals surface area contributed by atoms with E-state index in [1.54, 1.807) is 20.8 Å². The lowest BCUT2D eigenvalue weighted by Gasteiger charge is -2.30. The molecule has 0 fully saturated rings. The standard InChI is InChI=1S/C20H30N2O7/c1-10-17(13(4)25)11(2)19(22(14(5)26)7-16(28)9-24)12(3)18(10)20(29)21-6-15(27)8-23/h15-16,23-24,27-28H,6-9H2,1-5H3,(H,21,29). The predicted molar refractivity (Wildman–Crippen MR) is 107 cm³/mol. The van der Waals surface area contributed by atoms with E-state index in [0.29, 0.717) is 22.4 Å². The average Bonchev–Trinajstić information content (AvgIpc) is 2.64. The predicted octanol–water partition coefficient (Wildman–Crippen LogP) is -0.396. The van der Waals surface area contributed by atoms with E-state index in [1.807, 2.05) is 0 Å². The Kier molecular flexibility index (Phi) is 8.90. The minimum absolute atomic E-state index is 0.172. The van der Waals surface area contributed by atoms with Gasteiger partial charge in [0.25, 0.3) is 5.91 Å².